The highest BCUT2D eigenvalue weighted by Gasteiger charge is 2.35. The zero-order valence-corrected chi connectivity index (χ0v) is 12.2. The predicted octanol–water partition coefficient (Wildman–Crippen LogP) is 1.03. The number of amides is 1. The summed E-state index contributed by atoms with van der Waals surface area (Å²) in [4.78, 5) is 19.1. The molecule has 1 atom stereocenters. The van der Waals surface area contributed by atoms with E-state index in [2.05, 4.69) is 21.3 Å². The van der Waals surface area contributed by atoms with Crippen LogP contribution in [0.15, 0.2) is 24.7 Å². The van der Waals surface area contributed by atoms with Crippen LogP contribution in [-0.2, 0) is 0 Å². The quantitative estimate of drug-likeness (QED) is 0.898. The lowest BCUT2D eigenvalue weighted by Crippen LogP contribution is -2.57. The minimum Gasteiger partial charge on any atom is -0.346 e. The second-order valence-electron chi connectivity index (χ2n) is 6.16. The molecule has 0 radical (unpaired) electrons. The SMILES string of the molecule is N#Cc1cc2cc(C(=O)N[C@H]3CN4CCC3CC4)ncn2c1. The van der Waals surface area contributed by atoms with E-state index in [4.69, 9.17) is 5.26 Å². The maximum Gasteiger partial charge on any atom is 0.270 e. The number of nitrogens with zero attached hydrogens (tertiary/aromatic N) is 4. The molecule has 2 bridgehead atoms. The first-order chi connectivity index (χ1) is 10.7. The Hall–Kier alpha value is -2.39. The van der Waals surface area contributed by atoms with Crippen molar-refractivity contribution in [1.82, 2.24) is 19.6 Å². The standard InChI is InChI=1S/C16H17N5O/c17-7-11-5-13-6-14(18-10-21(13)8-11)16(22)19-15-9-20-3-1-12(15)2-4-20/h5-6,8,10,12,15H,1-4,9H2,(H,19,22)/t15-/m0/s1. The van der Waals surface area contributed by atoms with Crippen LogP contribution in [0.4, 0.5) is 0 Å². The van der Waals surface area contributed by atoms with E-state index in [1.54, 1.807) is 29.1 Å². The van der Waals surface area contributed by atoms with Crippen LogP contribution >= 0.6 is 0 Å². The van der Waals surface area contributed by atoms with Crippen molar-refractivity contribution in [1.29, 1.82) is 5.26 Å². The van der Waals surface area contributed by atoms with Crippen molar-refractivity contribution >= 4 is 11.4 Å². The van der Waals surface area contributed by atoms with Gasteiger partial charge in [-0.2, -0.15) is 5.26 Å². The summed E-state index contributed by atoms with van der Waals surface area (Å²) in [5, 5.41) is 12.1. The molecular weight excluding hydrogens is 278 g/mol. The molecule has 0 unspecified atom stereocenters. The monoisotopic (exact) mass is 295 g/mol. The summed E-state index contributed by atoms with van der Waals surface area (Å²) in [6, 6.07) is 5.82. The largest absolute Gasteiger partial charge is 0.346 e. The van der Waals surface area contributed by atoms with Gasteiger partial charge >= 0.3 is 0 Å². The number of hydrogen-bond acceptors (Lipinski definition) is 4. The van der Waals surface area contributed by atoms with Gasteiger partial charge in [-0.1, -0.05) is 0 Å². The summed E-state index contributed by atoms with van der Waals surface area (Å²) in [5.74, 6) is 0.470. The number of hydrogen-bond donors (Lipinski definition) is 1. The smallest absolute Gasteiger partial charge is 0.270 e. The number of carbonyl (C=O) groups excluding carboxylic acids is 1. The maximum atomic E-state index is 12.4. The summed E-state index contributed by atoms with van der Waals surface area (Å²) >= 11 is 0. The zero-order chi connectivity index (χ0) is 15.1. The van der Waals surface area contributed by atoms with Gasteiger partial charge in [0, 0.05) is 18.8 Å². The van der Waals surface area contributed by atoms with Gasteiger partial charge in [0.1, 0.15) is 18.1 Å². The molecule has 5 rings (SSSR count). The van der Waals surface area contributed by atoms with Crippen molar-refractivity contribution in [2.45, 2.75) is 18.9 Å². The van der Waals surface area contributed by atoms with Crippen molar-refractivity contribution in [3.8, 4) is 6.07 Å². The van der Waals surface area contributed by atoms with E-state index in [9.17, 15) is 4.79 Å². The second-order valence-corrected chi connectivity index (χ2v) is 6.16. The Morgan fingerprint density at radius 3 is 2.86 bits per heavy atom. The molecule has 3 aliphatic rings. The van der Waals surface area contributed by atoms with Crippen molar-refractivity contribution < 1.29 is 4.79 Å². The number of rotatable bonds is 2. The summed E-state index contributed by atoms with van der Waals surface area (Å²) in [7, 11) is 0. The molecule has 1 N–H and O–H groups in total. The van der Waals surface area contributed by atoms with Crippen molar-refractivity contribution in [3.63, 3.8) is 0 Å². The lowest BCUT2D eigenvalue weighted by molar-refractivity contribution is 0.0617. The van der Waals surface area contributed by atoms with Crippen LogP contribution in [0.2, 0.25) is 0 Å². The second kappa shape index (κ2) is 5.11. The maximum absolute atomic E-state index is 12.4. The average molecular weight is 295 g/mol. The van der Waals surface area contributed by atoms with Gasteiger partial charge in [0.15, 0.2) is 0 Å². The number of fused-ring (bicyclic) bond motifs is 4. The molecule has 0 spiro atoms. The molecule has 0 aliphatic carbocycles. The average Bonchev–Trinajstić information content (AvgIpc) is 2.98. The molecule has 1 amide bonds. The Morgan fingerprint density at radius 2 is 2.18 bits per heavy atom. The fourth-order valence-corrected chi connectivity index (χ4v) is 3.57. The van der Waals surface area contributed by atoms with Crippen LogP contribution in [-0.4, -0.2) is 45.9 Å². The molecule has 6 heteroatoms. The third kappa shape index (κ3) is 2.24. The van der Waals surface area contributed by atoms with E-state index in [1.165, 1.54) is 12.8 Å². The highest BCUT2D eigenvalue weighted by atomic mass is 16.2. The van der Waals surface area contributed by atoms with Gasteiger partial charge in [0.05, 0.1) is 11.1 Å². The van der Waals surface area contributed by atoms with E-state index < -0.39 is 0 Å². The van der Waals surface area contributed by atoms with Gasteiger partial charge in [0.25, 0.3) is 5.91 Å². The molecule has 0 aromatic carbocycles. The summed E-state index contributed by atoms with van der Waals surface area (Å²) in [5.41, 5.74) is 1.79. The van der Waals surface area contributed by atoms with Gasteiger partial charge in [-0.15, -0.1) is 0 Å². The minimum atomic E-state index is -0.124. The first-order valence-electron chi connectivity index (χ1n) is 7.64. The van der Waals surface area contributed by atoms with Crippen molar-refractivity contribution in [2.24, 2.45) is 5.92 Å². The fourth-order valence-electron chi connectivity index (χ4n) is 3.57. The highest BCUT2D eigenvalue weighted by Crippen LogP contribution is 2.27. The summed E-state index contributed by atoms with van der Waals surface area (Å²) < 4.78 is 1.75. The number of carbonyl (C=O) groups is 1. The van der Waals surface area contributed by atoms with Gasteiger partial charge in [-0.3, -0.25) is 4.79 Å². The van der Waals surface area contributed by atoms with E-state index >= 15 is 0 Å². The first-order valence-corrected chi connectivity index (χ1v) is 7.64. The molecule has 22 heavy (non-hydrogen) atoms. The Kier molecular flexibility index (Phi) is 3.09. The van der Waals surface area contributed by atoms with Gasteiger partial charge in [-0.05, 0) is 44.0 Å². The number of nitrogens with one attached hydrogen (secondary N) is 1. The molecule has 6 nitrogen and oxygen atoms in total. The third-order valence-corrected chi connectivity index (χ3v) is 4.82. The molecular formula is C16H17N5O. The van der Waals surface area contributed by atoms with Crippen molar-refractivity contribution in [2.75, 3.05) is 19.6 Å². The summed E-state index contributed by atoms with van der Waals surface area (Å²) in [6.45, 7) is 3.26. The lowest BCUT2D eigenvalue weighted by Gasteiger charge is -2.44. The van der Waals surface area contributed by atoms with E-state index in [-0.39, 0.29) is 11.9 Å². The van der Waals surface area contributed by atoms with Gasteiger partial charge < -0.3 is 14.6 Å². The molecule has 112 valence electrons. The van der Waals surface area contributed by atoms with Crippen LogP contribution in [0.5, 0.6) is 0 Å². The highest BCUT2D eigenvalue weighted by molar-refractivity contribution is 5.93. The van der Waals surface area contributed by atoms with Crippen LogP contribution in [0.3, 0.4) is 0 Å². The van der Waals surface area contributed by atoms with Crippen LogP contribution in [0, 0.1) is 17.2 Å². The van der Waals surface area contributed by atoms with Crippen LogP contribution in [0.25, 0.3) is 5.52 Å². The zero-order valence-electron chi connectivity index (χ0n) is 12.2. The lowest BCUT2D eigenvalue weighted by atomic mass is 9.84. The summed E-state index contributed by atoms with van der Waals surface area (Å²) in [6.07, 6.45) is 5.63. The molecule has 2 aromatic heterocycles. The topological polar surface area (TPSA) is 73.4 Å². The predicted molar refractivity (Wildman–Crippen MR) is 80.3 cm³/mol. The Morgan fingerprint density at radius 1 is 1.36 bits per heavy atom. The number of nitriles is 1. The van der Waals surface area contributed by atoms with Crippen molar-refractivity contribution in [3.05, 3.63) is 35.9 Å². The number of piperidine rings is 3. The molecule has 3 saturated heterocycles. The fraction of sp³-hybridized carbons (Fsp3) is 0.438. The normalized spacial score (nSPS) is 26.8. The van der Waals surface area contributed by atoms with E-state index in [0.29, 0.717) is 17.2 Å². The van der Waals surface area contributed by atoms with Crippen LogP contribution in [0.1, 0.15) is 28.9 Å². The van der Waals surface area contributed by atoms with Crippen LogP contribution < -0.4 is 5.32 Å². The third-order valence-electron chi connectivity index (χ3n) is 4.82. The molecule has 0 saturated carbocycles. The molecule has 3 aliphatic heterocycles. The Labute approximate surface area is 128 Å². The number of aromatic nitrogens is 2. The van der Waals surface area contributed by atoms with Gasteiger partial charge in [0.2, 0.25) is 0 Å². The first kappa shape index (κ1) is 13.3. The van der Waals surface area contributed by atoms with Gasteiger partial charge in [-0.25, -0.2) is 4.98 Å². The Balaban J connectivity index is 1.54. The van der Waals surface area contributed by atoms with E-state index in [1.807, 2.05) is 0 Å². The Bertz CT molecular complexity index is 766. The minimum absolute atomic E-state index is 0.124. The molecule has 5 heterocycles. The molecule has 3 fully saturated rings. The molecule has 2 aromatic rings. The van der Waals surface area contributed by atoms with E-state index in [0.717, 1.165) is 25.2 Å².